The minimum Gasteiger partial charge on any atom is -0.355 e. The quantitative estimate of drug-likeness (QED) is 0.744. The van der Waals surface area contributed by atoms with Crippen LogP contribution in [0.3, 0.4) is 0 Å². The minimum atomic E-state index is 0.656. The second-order valence-corrected chi connectivity index (χ2v) is 5.18. The van der Waals surface area contributed by atoms with Gasteiger partial charge < -0.3 is 9.80 Å². The Kier molecular flexibility index (Phi) is 6.13. The van der Waals surface area contributed by atoms with E-state index in [9.17, 15) is 0 Å². The molecular weight excluding hydrogens is 274 g/mol. The van der Waals surface area contributed by atoms with Crippen LogP contribution in [0.1, 0.15) is 33.6 Å². The van der Waals surface area contributed by atoms with Crippen molar-refractivity contribution in [2.45, 2.75) is 33.6 Å². The molecule has 0 atom stereocenters. The van der Waals surface area contributed by atoms with E-state index in [0.717, 1.165) is 44.0 Å². The Morgan fingerprint density at radius 1 is 0.955 bits per heavy atom. The predicted octanol–water partition coefficient (Wildman–Crippen LogP) is 3.66. The van der Waals surface area contributed by atoms with Gasteiger partial charge in [0.2, 0.25) is 0 Å². The molecule has 5 heteroatoms. The fourth-order valence-corrected chi connectivity index (χ4v) is 2.48. The molecule has 1 aromatic carbocycles. The van der Waals surface area contributed by atoms with Crippen LogP contribution < -0.4 is 9.80 Å². The molecule has 1 heterocycles. The van der Waals surface area contributed by atoms with Crippen LogP contribution in [0, 0.1) is 0 Å². The van der Waals surface area contributed by atoms with E-state index < -0.39 is 0 Å². The summed E-state index contributed by atoms with van der Waals surface area (Å²) in [7, 11) is 0. The van der Waals surface area contributed by atoms with Crippen LogP contribution in [0.2, 0.25) is 0 Å². The average Bonchev–Trinajstić information content (AvgIpc) is 2.57. The number of aromatic nitrogens is 3. The van der Waals surface area contributed by atoms with E-state index in [0.29, 0.717) is 5.95 Å². The third-order valence-electron chi connectivity index (χ3n) is 3.47. The van der Waals surface area contributed by atoms with Gasteiger partial charge in [-0.2, -0.15) is 10.1 Å². The molecule has 0 N–H and O–H groups in total. The highest BCUT2D eigenvalue weighted by Gasteiger charge is 2.14. The van der Waals surface area contributed by atoms with Crippen LogP contribution >= 0.6 is 0 Å². The monoisotopic (exact) mass is 299 g/mol. The molecule has 2 aromatic rings. The molecule has 118 valence electrons. The first-order valence-electron chi connectivity index (χ1n) is 8.07. The lowest BCUT2D eigenvalue weighted by atomic mass is 10.3. The molecule has 0 amide bonds. The van der Waals surface area contributed by atoms with E-state index in [2.05, 4.69) is 52.9 Å². The maximum Gasteiger partial charge on any atom is 0.251 e. The summed E-state index contributed by atoms with van der Waals surface area (Å²) in [4.78, 5) is 9.09. The Morgan fingerprint density at radius 2 is 1.64 bits per heavy atom. The molecule has 0 unspecified atom stereocenters. The third kappa shape index (κ3) is 3.93. The molecule has 0 fully saturated rings. The largest absolute Gasteiger partial charge is 0.355 e. The summed E-state index contributed by atoms with van der Waals surface area (Å²) in [5, 5.41) is 8.40. The smallest absolute Gasteiger partial charge is 0.251 e. The normalized spacial score (nSPS) is 10.5. The lowest BCUT2D eigenvalue weighted by Crippen LogP contribution is -2.27. The molecule has 0 saturated carbocycles. The van der Waals surface area contributed by atoms with Crippen molar-refractivity contribution in [3.63, 3.8) is 0 Å². The molecule has 0 aliphatic rings. The molecule has 22 heavy (non-hydrogen) atoms. The van der Waals surface area contributed by atoms with E-state index in [1.807, 2.05) is 18.2 Å². The zero-order valence-electron chi connectivity index (χ0n) is 13.7. The lowest BCUT2D eigenvalue weighted by molar-refractivity contribution is 0.724. The van der Waals surface area contributed by atoms with Crippen LogP contribution in [0.25, 0.3) is 0 Å². The molecule has 0 aliphatic carbocycles. The van der Waals surface area contributed by atoms with Gasteiger partial charge >= 0.3 is 0 Å². The molecule has 2 rings (SSSR count). The van der Waals surface area contributed by atoms with E-state index in [-0.39, 0.29) is 0 Å². The zero-order valence-corrected chi connectivity index (χ0v) is 13.7. The summed E-state index contributed by atoms with van der Waals surface area (Å²) >= 11 is 0. The maximum atomic E-state index is 4.74. The number of para-hydroxylation sites is 1. The van der Waals surface area contributed by atoms with Gasteiger partial charge in [0.05, 0.1) is 6.20 Å². The molecular formula is C17H25N5. The van der Waals surface area contributed by atoms with E-state index in [1.165, 1.54) is 0 Å². The number of benzene rings is 1. The van der Waals surface area contributed by atoms with E-state index in [1.54, 1.807) is 6.20 Å². The Hall–Kier alpha value is -2.17. The molecule has 5 nitrogen and oxygen atoms in total. The van der Waals surface area contributed by atoms with Gasteiger partial charge in [0, 0.05) is 25.3 Å². The fourth-order valence-electron chi connectivity index (χ4n) is 2.48. The number of hydrogen-bond donors (Lipinski definition) is 0. The van der Waals surface area contributed by atoms with Crippen molar-refractivity contribution >= 4 is 17.5 Å². The SMILES string of the molecule is CCCN(CCC)c1cnnc(N(CC)c2ccccc2)n1. The molecule has 0 radical (unpaired) electrons. The Balaban J connectivity index is 2.29. The first-order chi connectivity index (χ1) is 10.8. The minimum absolute atomic E-state index is 0.656. The van der Waals surface area contributed by atoms with Gasteiger partial charge in [0.25, 0.3) is 5.95 Å². The molecule has 0 aliphatic heterocycles. The van der Waals surface area contributed by atoms with Crippen molar-refractivity contribution in [3.05, 3.63) is 36.5 Å². The lowest BCUT2D eigenvalue weighted by Gasteiger charge is -2.25. The van der Waals surface area contributed by atoms with Gasteiger partial charge in [-0.1, -0.05) is 32.0 Å². The van der Waals surface area contributed by atoms with Crippen molar-refractivity contribution in [1.82, 2.24) is 15.2 Å². The standard InChI is InChI=1S/C17H25N5/c1-4-12-21(13-5-2)16-14-18-20-17(19-16)22(6-3)15-10-8-7-9-11-15/h7-11,14H,4-6,12-13H2,1-3H3. The van der Waals surface area contributed by atoms with Crippen LogP contribution in [-0.4, -0.2) is 34.8 Å². The summed E-state index contributed by atoms with van der Waals surface area (Å²) < 4.78 is 0. The molecule has 0 bridgehead atoms. The average molecular weight is 299 g/mol. The summed E-state index contributed by atoms with van der Waals surface area (Å²) in [5.74, 6) is 1.56. The van der Waals surface area contributed by atoms with E-state index >= 15 is 0 Å². The van der Waals surface area contributed by atoms with Crippen LogP contribution in [0.15, 0.2) is 36.5 Å². The summed E-state index contributed by atoms with van der Waals surface area (Å²) in [6, 6.07) is 10.2. The number of nitrogens with zero attached hydrogens (tertiary/aromatic N) is 5. The number of hydrogen-bond acceptors (Lipinski definition) is 5. The van der Waals surface area contributed by atoms with Gasteiger partial charge in [-0.25, -0.2) is 0 Å². The maximum absolute atomic E-state index is 4.74. The number of anilines is 3. The second kappa shape index (κ2) is 8.32. The Labute approximate surface area is 133 Å². The molecule has 0 saturated heterocycles. The number of rotatable bonds is 8. The molecule has 0 spiro atoms. The topological polar surface area (TPSA) is 45.2 Å². The predicted molar refractivity (Wildman–Crippen MR) is 91.7 cm³/mol. The Morgan fingerprint density at radius 3 is 2.23 bits per heavy atom. The summed E-state index contributed by atoms with van der Waals surface area (Å²) in [6.45, 7) is 9.24. The van der Waals surface area contributed by atoms with Gasteiger partial charge in [0.15, 0.2) is 5.82 Å². The zero-order chi connectivity index (χ0) is 15.8. The van der Waals surface area contributed by atoms with Gasteiger partial charge in [-0.05, 0) is 31.9 Å². The van der Waals surface area contributed by atoms with Crippen LogP contribution in [0.4, 0.5) is 17.5 Å². The highest BCUT2D eigenvalue weighted by Crippen LogP contribution is 2.22. The van der Waals surface area contributed by atoms with Crippen molar-refractivity contribution in [1.29, 1.82) is 0 Å². The highest BCUT2D eigenvalue weighted by atomic mass is 15.3. The fraction of sp³-hybridized carbons (Fsp3) is 0.471. The van der Waals surface area contributed by atoms with Crippen molar-refractivity contribution in [3.8, 4) is 0 Å². The van der Waals surface area contributed by atoms with Gasteiger partial charge in [-0.15, -0.1) is 5.10 Å². The van der Waals surface area contributed by atoms with Gasteiger partial charge in [-0.3, -0.25) is 0 Å². The Bertz CT molecular complexity index is 552. The first kappa shape index (κ1) is 16.2. The third-order valence-corrected chi connectivity index (χ3v) is 3.47. The first-order valence-corrected chi connectivity index (χ1v) is 8.07. The second-order valence-electron chi connectivity index (χ2n) is 5.18. The van der Waals surface area contributed by atoms with Crippen molar-refractivity contribution < 1.29 is 0 Å². The highest BCUT2D eigenvalue weighted by molar-refractivity contribution is 5.57. The van der Waals surface area contributed by atoms with Gasteiger partial charge in [0.1, 0.15) is 0 Å². The summed E-state index contributed by atoms with van der Waals surface area (Å²) in [6.07, 6.45) is 3.94. The van der Waals surface area contributed by atoms with E-state index in [4.69, 9.17) is 4.98 Å². The van der Waals surface area contributed by atoms with Crippen LogP contribution in [0.5, 0.6) is 0 Å². The van der Waals surface area contributed by atoms with Crippen molar-refractivity contribution in [2.75, 3.05) is 29.4 Å². The van der Waals surface area contributed by atoms with Crippen molar-refractivity contribution in [2.24, 2.45) is 0 Å². The molecule has 1 aromatic heterocycles. The van der Waals surface area contributed by atoms with Crippen LogP contribution in [-0.2, 0) is 0 Å². The summed E-state index contributed by atoms with van der Waals surface area (Å²) in [5.41, 5.74) is 1.08.